The lowest BCUT2D eigenvalue weighted by Crippen LogP contribution is -1.98. The molecule has 96 valence electrons. The zero-order valence-corrected chi connectivity index (χ0v) is 11.6. The van der Waals surface area contributed by atoms with Crippen molar-refractivity contribution < 1.29 is 0 Å². The Kier molecular flexibility index (Phi) is 3.87. The first kappa shape index (κ1) is 13.2. The average molecular weight is 250 g/mol. The Hall–Kier alpha value is -2.27. The molecular weight excluding hydrogens is 232 g/mol. The van der Waals surface area contributed by atoms with E-state index in [0.29, 0.717) is 5.57 Å². The number of hydrogen-bond acceptors (Lipinski definition) is 1. The molecule has 2 rings (SSSR count). The number of aryl methyl sites for hydroxylation is 1. The number of nitrogens with zero attached hydrogens (tertiary/aromatic N) is 2. The molecule has 0 saturated heterocycles. The van der Waals surface area contributed by atoms with E-state index < -0.39 is 0 Å². The largest absolute Gasteiger partial charge is 0.349 e. The number of hydrogen-bond donors (Lipinski definition) is 0. The van der Waals surface area contributed by atoms with Gasteiger partial charge in [0.15, 0.2) is 0 Å². The summed E-state index contributed by atoms with van der Waals surface area (Å²) in [5, 5.41) is 9.34. The van der Waals surface area contributed by atoms with Crippen LogP contribution in [0.4, 0.5) is 0 Å². The van der Waals surface area contributed by atoms with Gasteiger partial charge in [0.2, 0.25) is 0 Å². The standard InChI is InChI=1S/C17H18N2/c1-4-19-13(2)10-16(14(19)3)11-17(12-18)15-8-6-5-7-9-15/h5-11H,4H2,1-3H3/b17-11+. The molecule has 0 aliphatic carbocycles. The average Bonchev–Trinajstić information content (AvgIpc) is 2.71. The number of aromatic nitrogens is 1. The summed E-state index contributed by atoms with van der Waals surface area (Å²) in [6.07, 6.45) is 1.98. The minimum absolute atomic E-state index is 0.706. The van der Waals surface area contributed by atoms with Gasteiger partial charge in [-0.1, -0.05) is 30.3 Å². The van der Waals surface area contributed by atoms with Gasteiger partial charge in [0, 0.05) is 17.9 Å². The van der Waals surface area contributed by atoms with Crippen LogP contribution in [0.5, 0.6) is 0 Å². The number of nitriles is 1. The van der Waals surface area contributed by atoms with Crippen molar-refractivity contribution in [3.8, 4) is 6.07 Å². The van der Waals surface area contributed by atoms with Crippen LogP contribution in [-0.4, -0.2) is 4.57 Å². The minimum Gasteiger partial charge on any atom is -0.349 e. The third-order valence-corrected chi connectivity index (χ3v) is 3.43. The van der Waals surface area contributed by atoms with E-state index in [4.69, 9.17) is 0 Å². The van der Waals surface area contributed by atoms with Gasteiger partial charge in [-0.3, -0.25) is 0 Å². The summed E-state index contributed by atoms with van der Waals surface area (Å²) in [6, 6.07) is 14.2. The first-order valence-electron chi connectivity index (χ1n) is 6.51. The Morgan fingerprint density at radius 2 is 1.95 bits per heavy atom. The van der Waals surface area contributed by atoms with E-state index in [1.165, 1.54) is 11.4 Å². The molecule has 0 aliphatic rings. The lowest BCUT2D eigenvalue weighted by Gasteiger charge is -2.04. The monoisotopic (exact) mass is 250 g/mol. The molecule has 2 aromatic rings. The van der Waals surface area contributed by atoms with Gasteiger partial charge < -0.3 is 4.57 Å². The Morgan fingerprint density at radius 3 is 2.47 bits per heavy atom. The highest BCUT2D eigenvalue weighted by molar-refractivity contribution is 5.90. The highest BCUT2D eigenvalue weighted by atomic mass is 15.0. The van der Waals surface area contributed by atoms with Crippen LogP contribution in [0.1, 0.15) is 29.4 Å². The summed E-state index contributed by atoms with van der Waals surface area (Å²) in [7, 11) is 0. The molecule has 0 N–H and O–H groups in total. The molecule has 0 saturated carbocycles. The molecule has 0 unspecified atom stereocenters. The predicted octanol–water partition coefficient (Wildman–Crippen LogP) is 4.19. The van der Waals surface area contributed by atoms with E-state index in [9.17, 15) is 5.26 Å². The number of benzene rings is 1. The topological polar surface area (TPSA) is 28.7 Å². The summed E-state index contributed by atoms with van der Waals surface area (Å²) in [5.74, 6) is 0. The Labute approximate surface area is 114 Å². The quantitative estimate of drug-likeness (QED) is 0.751. The van der Waals surface area contributed by atoms with E-state index in [1.54, 1.807) is 0 Å². The SMILES string of the molecule is CCn1c(C)cc(/C=C(\C#N)c2ccccc2)c1C. The van der Waals surface area contributed by atoms with Crippen molar-refractivity contribution in [3.63, 3.8) is 0 Å². The van der Waals surface area contributed by atoms with Crippen LogP contribution in [0, 0.1) is 25.2 Å². The highest BCUT2D eigenvalue weighted by Crippen LogP contribution is 2.22. The van der Waals surface area contributed by atoms with Crippen molar-refractivity contribution in [2.45, 2.75) is 27.3 Å². The van der Waals surface area contributed by atoms with Gasteiger partial charge in [-0.05, 0) is 44.0 Å². The Bertz CT molecular complexity index is 640. The van der Waals surface area contributed by atoms with Gasteiger partial charge in [-0.2, -0.15) is 5.26 Å². The summed E-state index contributed by atoms with van der Waals surface area (Å²) in [4.78, 5) is 0. The maximum absolute atomic E-state index is 9.34. The molecule has 0 aliphatic heterocycles. The van der Waals surface area contributed by atoms with Gasteiger partial charge in [-0.25, -0.2) is 0 Å². The molecule has 0 radical (unpaired) electrons. The molecule has 1 heterocycles. The van der Waals surface area contributed by atoms with Crippen molar-refractivity contribution in [3.05, 3.63) is 58.9 Å². The van der Waals surface area contributed by atoms with Gasteiger partial charge in [0.25, 0.3) is 0 Å². The molecule has 19 heavy (non-hydrogen) atoms. The van der Waals surface area contributed by atoms with Gasteiger partial charge >= 0.3 is 0 Å². The van der Waals surface area contributed by atoms with Crippen LogP contribution in [0.25, 0.3) is 11.6 Å². The smallest absolute Gasteiger partial charge is 0.0998 e. The van der Waals surface area contributed by atoms with E-state index in [1.807, 2.05) is 36.4 Å². The number of allylic oxidation sites excluding steroid dienone is 1. The fourth-order valence-electron chi connectivity index (χ4n) is 2.41. The van der Waals surface area contributed by atoms with Gasteiger partial charge in [-0.15, -0.1) is 0 Å². The van der Waals surface area contributed by atoms with Crippen molar-refractivity contribution in [2.75, 3.05) is 0 Å². The second-order valence-corrected chi connectivity index (χ2v) is 4.61. The maximum atomic E-state index is 9.34. The first-order valence-corrected chi connectivity index (χ1v) is 6.51. The molecule has 1 aromatic heterocycles. The maximum Gasteiger partial charge on any atom is 0.0998 e. The third kappa shape index (κ3) is 2.61. The van der Waals surface area contributed by atoms with Crippen molar-refractivity contribution >= 4 is 11.6 Å². The molecule has 0 spiro atoms. The second-order valence-electron chi connectivity index (χ2n) is 4.61. The molecule has 0 amide bonds. The van der Waals surface area contributed by atoms with Gasteiger partial charge in [0.05, 0.1) is 11.6 Å². The minimum atomic E-state index is 0.706. The van der Waals surface area contributed by atoms with Crippen LogP contribution in [0.3, 0.4) is 0 Å². The molecule has 2 nitrogen and oxygen atoms in total. The normalized spacial score (nSPS) is 11.4. The van der Waals surface area contributed by atoms with Crippen molar-refractivity contribution in [1.82, 2.24) is 4.57 Å². The highest BCUT2D eigenvalue weighted by Gasteiger charge is 2.07. The second kappa shape index (κ2) is 5.58. The Morgan fingerprint density at radius 1 is 1.26 bits per heavy atom. The zero-order chi connectivity index (χ0) is 13.8. The summed E-state index contributed by atoms with van der Waals surface area (Å²) in [5.41, 5.74) is 5.24. The van der Waals surface area contributed by atoms with Gasteiger partial charge in [0.1, 0.15) is 0 Å². The fourth-order valence-corrected chi connectivity index (χ4v) is 2.41. The molecule has 2 heteroatoms. The van der Waals surface area contributed by atoms with Crippen LogP contribution in [0.2, 0.25) is 0 Å². The molecule has 0 bridgehead atoms. The van der Waals surface area contributed by atoms with Crippen LogP contribution in [-0.2, 0) is 6.54 Å². The van der Waals surface area contributed by atoms with E-state index in [-0.39, 0.29) is 0 Å². The first-order chi connectivity index (χ1) is 9.17. The van der Waals surface area contributed by atoms with E-state index in [0.717, 1.165) is 17.7 Å². The third-order valence-electron chi connectivity index (χ3n) is 3.43. The van der Waals surface area contributed by atoms with Crippen LogP contribution < -0.4 is 0 Å². The lowest BCUT2D eigenvalue weighted by molar-refractivity contribution is 0.718. The van der Waals surface area contributed by atoms with Crippen molar-refractivity contribution in [1.29, 1.82) is 5.26 Å². The lowest BCUT2D eigenvalue weighted by atomic mass is 10.0. The van der Waals surface area contributed by atoms with E-state index in [2.05, 4.69) is 37.5 Å². The molecular formula is C17H18N2. The van der Waals surface area contributed by atoms with E-state index >= 15 is 0 Å². The molecule has 1 aromatic carbocycles. The summed E-state index contributed by atoms with van der Waals surface area (Å²) in [6.45, 7) is 7.29. The molecule has 0 fully saturated rings. The number of rotatable bonds is 3. The van der Waals surface area contributed by atoms with Crippen molar-refractivity contribution in [2.24, 2.45) is 0 Å². The fraction of sp³-hybridized carbons (Fsp3) is 0.235. The van der Waals surface area contributed by atoms with Crippen LogP contribution >= 0.6 is 0 Å². The summed E-state index contributed by atoms with van der Waals surface area (Å²) < 4.78 is 2.26. The molecule has 0 atom stereocenters. The zero-order valence-electron chi connectivity index (χ0n) is 11.6. The van der Waals surface area contributed by atoms with Crippen LogP contribution in [0.15, 0.2) is 36.4 Å². The predicted molar refractivity (Wildman–Crippen MR) is 79.5 cm³/mol. The summed E-state index contributed by atoms with van der Waals surface area (Å²) >= 11 is 0. The Balaban J connectivity index is 2.48.